The number of unbranched alkanes of at least 4 members (excludes halogenated alkanes) is 4. The zero-order valence-corrected chi connectivity index (χ0v) is 30.1. The number of phenols is 1. The van der Waals surface area contributed by atoms with Gasteiger partial charge in [-0.05, 0) is 65.0 Å². The number of fused-ring (bicyclic) bond motifs is 3. The number of aliphatic hydroxyl groups excluding tert-OH is 2. The number of aliphatic hydroxyl groups is 3. The highest BCUT2D eigenvalue weighted by Crippen LogP contribution is 2.66. The number of hydrogen-bond acceptors (Lipinski definition) is 7. The molecule has 1 amide bonds. The van der Waals surface area contributed by atoms with Gasteiger partial charge in [-0.25, -0.2) is 0 Å². The summed E-state index contributed by atoms with van der Waals surface area (Å²) >= 11 is 0. The lowest BCUT2D eigenvalue weighted by Crippen LogP contribution is -2.79. The van der Waals surface area contributed by atoms with Gasteiger partial charge >= 0.3 is 0 Å². The van der Waals surface area contributed by atoms with Crippen LogP contribution in [-0.4, -0.2) is 55.7 Å². The summed E-state index contributed by atoms with van der Waals surface area (Å²) in [4.78, 5) is 41.3. The number of ketones is 2. The number of rotatable bonds is 13. The molecule has 8 nitrogen and oxygen atoms in total. The van der Waals surface area contributed by atoms with Gasteiger partial charge in [0.15, 0.2) is 17.2 Å². The van der Waals surface area contributed by atoms with Crippen LogP contribution in [0.15, 0.2) is 6.07 Å². The predicted octanol–water partition coefficient (Wildman–Crippen LogP) is 6.02. The molecule has 3 aliphatic rings. The molecule has 0 aromatic heterocycles. The first kappa shape index (κ1) is 37.5. The maximum absolute atomic E-state index is 14.8. The van der Waals surface area contributed by atoms with Crippen LogP contribution in [-0.2, 0) is 22.4 Å². The molecule has 4 rings (SSSR count). The number of Topliss-reactive ketones (excluding diaryl/α,β-unsaturated/α-hetero) is 2. The lowest BCUT2D eigenvalue weighted by Gasteiger charge is -2.66. The molecule has 2 fully saturated rings. The van der Waals surface area contributed by atoms with E-state index < -0.39 is 63.9 Å². The Kier molecular flexibility index (Phi) is 11.1. The molecule has 0 radical (unpaired) electrons. The van der Waals surface area contributed by atoms with Crippen LogP contribution in [0.5, 0.6) is 5.75 Å². The molecule has 2 saturated carbocycles. The Morgan fingerprint density at radius 2 is 1.57 bits per heavy atom. The number of primary amides is 1. The molecular formula is C39H61NO7. The van der Waals surface area contributed by atoms with Crippen molar-refractivity contribution in [2.75, 3.05) is 0 Å². The molecule has 1 aromatic carbocycles. The normalized spacial score (nSPS) is 33.7. The smallest absolute Gasteiger partial charge is 0.230 e. The highest BCUT2D eigenvalue weighted by Gasteiger charge is 2.76. The van der Waals surface area contributed by atoms with Crippen molar-refractivity contribution in [2.45, 2.75) is 150 Å². The van der Waals surface area contributed by atoms with Gasteiger partial charge in [0.05, 0.1) is 17.6 Å². The summed E-state index contributed by atoms with van der Waals surface area (Å²) in [7, 11) is 0. The summed E-state index contributed by atoms with van der Waals surface area (Å²) in [5.74, 6) is -6.17. The van der Waals surface area contributed by atoms with Crippen molar-refractivity contribution < 1.29 is 34.8 Å². The first-order valence-electron chi connectivity index (χ1n) is 18.3. The molecular weight excluding hydrogens is 594 g/mol. The van der Waals surface area contributed by atoms with E-state index in [1.807, 2.05) is 20.8 Å². The topological polar surface area (TPSA) is 158 Å². The first-order chi connectivity index (χ1) is 21.9. The number of nitrogens with two attached hydrogens (primary N) is 1. The van der Waals surface area contributed by atoms with Crippen LogP contribution in [0.3, 0.4) is 0 Å². The molecule has 3 aliphatic carbocycles. The molecule has 8 heteroatoms. The molecule has 47 heavy (non-hydrogen) atoms. The molecule has 2 unspecified atom stereocenters. The quantitative estimate of drug-likeness (QED) is 0.129. The second kappa shape index (κ2) is 13.9. The van der Waals surface area contributed by atoms with E-state index in [2.05, 4.69) is 33.8 Å². The fourth-order valence-electron chi connectivity index (χ4n) is 10.4. The molecule has 6 N–H and O–H groups in total. The third kappa shape index (κ3) is 6.09. The molecule has 0 heterocycles. The molecule has 0 saturated heterocycles. The fraction of sp³-hybridized carbons (Fsp3) is 0.769. The van der Waals surface area contributed by atoms with Crippen LogP contribution >= 0.6 is 0 Å². The number of amides is 1. The number of aromatic hydroxyl groups is 1. The van der Waals surface area contributed by atoms with Crippen LogP contribution in [0.1, 0.15) is 146 Å². The molecule has 264 valence electrons. The van der Waals surface area contributed by atoms with Crippen LogP contribution in [0.4, 0.5) is 0 Å². The molecule has 8 atom stereocenters. The van der Waals surface area contributed by atoms with Crippen molar-refractivity contribution in [1.29, 1.82) is 0 Å². The third-order valence-electron chi connectivity index (χ3n) is 12.5. The van der Waals surface area contributed by atoms with Crippen LogP contribution < -0.4 is 5.73 Å². The first-order valence-corrected chi connectivity index (χ1v) is 18.3. The van der Waals surface area contributed by atoms with Crippen molar-refractivity contribution in [1.82, 2.24) is 0 Å². The standard InChI is InChI=1S/C39H61NO7/c1-9-11-13-15-23(16-14-12-10-2)17-24-18-25(21(3)4)26-19-37(7)20-38(8)29(22(5)6)33(43)28(36(40)46)34(44)39(38,47)35(45)30(37)32(42)27(26)31(24)41/h18,21-23,28-30,33,35,41,43,45,47H,9-17,19-20H2,1-8H3,(H2,40,46)/t28-,29+,30-,33?,35?,37-,38-,39+/m1/s1. The van der Waals surface area contributed by atoms with Gasteiger partial charge in [-0.3, -0.25) is 14.4 Å². The Labute approximate surface area is 281 Å². The van der Waals surface area contributed by atoms with Gasteiger partial charge in [-0.15, -0.1) is 0 Å². The summed E-state index contributed by atoms with van der Waals surface area (Å²) in [6.45, 7) is 15.9. The predicted molar refractivity (Wildman–Crippen MR) is 183 cm³/mol. The average Bonchev–Trinajstić information content (AvgIpc) is 2.95. The Morgan fingerprint density at radius 3 is 2.06 bits per heavy atom. The van der Waals surface area contributed by atoms with E-state index in [1.54, 1.807) is 6.92 Å². The summed E-state index contributed by atoms with van der Waals surface area (Å²) in [6.07, 6.45) is 6.75. The lowest BCUT2D eigenvalue weighted by atomic mass is 9.39. The summed E-state index contributed by atoms with van der Waals surface area (Å²) in [5.41, 5.74) is 3.53. The highest BCUT2D eigenvalue weighted by atomic mass is 16.4. The van der Waals surface area contributed by atoms with E-state index in [9.17, 15) is 34.8 Å². The van der Waals surface area contributed by atoms with Crippen LogP contribution in [0.25, 0.3) is 0 Å². The number of hydrogen-bond donors (Lipinski definition) is 5. The second-order valence-corrected chi connectivity index (χ2v) is 16.5. The average molecular weight is 656 g/mol. The zero-order valence-electron chi connectivity index (χ0n) is 30.1. The van der Waals surface area contributed by atoms with Gasteiger partial charge in [0, 0.05) is 5.41 Å². The fourth-order valence-corrected chi connectivity index (χ4v) is 10.4. The van der Waals surface area contributed by atoms with Crippen LogP contribution in [0.2, 0.25) is 0 Å². The van der Waals surface area contributed by atoms with Gasteiger partial charge in [-0.1, -0.05) is 113 Å². The Morgan fingerprint density at radius 1 is 1.00 bits per heavy atom. The molecule has 1 aromatic rings. The van der Waals surface area contributed by atoms with Gasteiger partial charge in [0.2, 0.25) is 5.91 Å². The zero-order chi connectivity index (χ0) is 35.2. The van der Waals surface area contributed by atoms with Gasteiger partial charge in [-0.2, -0.15) is 0 Å². The monoisotopic (exact) mass is 655 g/mol. The summed E-state index contributed by atoms with van der Waals surface area (Å²) in [6, 6.07) is 2.09. The Bertz CT molecular complexity index is 1350. The maximum atomic E-state index is 14.8. The van der Waals surface area contributed by atoms with Gasteiger partial charge in [0.1, 0.15) is 17.8 Å². The minimum Gasteiger partial charge on any atom is -0.507 e. The Hall–Kier alpha value is -2.29. The van der Waals surface area contributed by atoms with Crippen LogP contribution in [0, 0.1) is 40.4 Å². The summed E-state index contributed by atoms with van der Waals surface area (Å²) in [5, 5.41) is 47.9. The second-order valence-electron chi connectivity index (χ2n) is 16.5. The van der Waals surface area contributed by atoms with Gasteiger partial charge < -0.3 is 26.2 Å². The number of phenolic OH excluding ortho intramolecular Hbond substituents is 1. The molecule has 0 spiro atoms. The van der Waals surface area contributed by atoms with E-state index in [0.717, 1.165) is 68.1 Å². The van der Waals surface area contributed by atoms with Crippen molar-refractivity contribution in [3.63, 3.8) is 0 Å². The molecule has 0 aliphatic heterocycles. The maximum Gasteiger partial charge on any atom is 0.230 e. The Balaban J connectivity index is 1.86. The van der Waals surface area contributed by atoms with E-state index in [0.29, 0.717) is 18.8 Å². The minimum atomic E-state index is -2.50. The minimum absolute atomic E-state index is 0.0552. The SMILES string of the molecule is CCCCCC(CCCCC)Cc1cc(C(C)C)c2c(c1O)C(=O)[C@@H]1C(O)[C@@]3(O)C(=O)[C@H](C(N)=O)C(O)[C@H](C(C)C)[C@@]3(C)C[C@@]1(C)C2. The van der Waals surface area contributed by atoms with Crippen molar-refractivity contribution in [3.05, 3.63) is 28.3 Å². The van der Waals surface area contributed by atoms with E-state index in [-0.39, 0.29) is 29.6 Å². The van der Waals surface area contributed by atoms with E-state index in [4.69, 9.17) is 5.73 Å². The van der Waals surface area contributed by atoms with Crippen molar-refractivity contribution in [3.8, 4) is 5.75 Å². The van der Waals surface area contributed by atoms with Crippen molar-refractivity contribution in [2.24, 2.45) is 46.2 Å². The molecule has 0 bridgehead atoms. The van der Waals surface area contributed by atoms with Crippen molar-refractivity contribution >= 4 is 17.5 Å². The number of carbonyl (C=O) groups is 3. The van der Waals surface area contributed by atoms with E-state index in [1.165, 1.54) is 0 Å². The highest BCUT2D eigenvalue weighted by molar-refractivity contribution is 6.09. The lowest BCUT2D eigenvalue weighted by molar-refractivity contribution is -0.265. The third-order valence-corrected chi connectivity index (χ3v) is 12.5. The van der Waals surface area contributed by atoms with Gasteiger partial charge in [0.25, 0.3) is 0 Å². The largest absolute Gasteiger partial charge is 0.507 e. The number of carbonyl (C=O) groups excluding carboxylic acids is 3. The summed E-state index contributed by atoms with van der Waals surface area (Å²) < 4.78 is 0. The number of benzene rings is 1. The van der Waals surface area contributed by atoms with E-state index >= 15 is 0 Å².